The van der Waals surface area contributed by atoms with E-state index in [0.717, 1.165) is 117 Å². The van der Waals surface area contributed by atoms with Crippen molar-refractivity contribution in [2.75, 3.05) is 11.5 Å². The molecule has 0 aliphatic rings. The van der Waals surface area contributed by atoms with Crippen LogP contribution in [0.25, 0.3) is 94.6 Å². The SMILES string of the molecule is C=C/C=C\C(c1ccc(-c2cc(-c3ccc(-c4cccc(-n5c6ccccc6c6cnccc65)n4)nc3)cc(-c3ccc(C(/C=C\C=C)c4ccncc4-c4ccccc4N)nc3)c2)cn1)c1ccncc1-c1ccccc1N. The van der Waals surface area contributed by atoms with Gasteiger partial charge in [-0.05, 0) is 113 Å². The second-order valence-corrected chi connectivity index (χ2v) is 19.1. The van der Waals surface area contributed by atoms with E-state index >= 15 is 0 Å². The highest BCUT2D eigenvalue weighted by Crippen LogP contribution is 2.40. The third kappa shape index (κ3) is 9.78. The van der Waals surface area contributed by atoms with Crippen molar-refractivity contribution in [1.82, 2.24) is 39.5 Å². The summed E-state index contributed by atoms with van der Waals surface area (Å²) in [6, 6.07) is 55.4. The van der Waals surface area contributed by atoms with Gasteiger partial charge in [-0.2, -0.15) is 0 Å². The van der Waals surface area contributed by atoms with Crippen molar-refractivity contribution in [2.24, 2.45) is 0 Å². The highest BCUT2D eigenvalue weighted by atomic mass is 15.1. The zero-order valence-electron chi connectivity index (χ0n) is 43.1. The number of allylic oxidation sites excluding steroid dienone is 6. The lowest BCUT2D eigenvalue weighted by molar-refractivity contribution is 0.952. The van der Waals surface area contributed by atoms with Crippen LogP contribution < -0.4 is 11.5 Å². The van der Waals surface area contributed by atoms with E-state index in [1.54, 1.807) is 12.2 Å². The summed E-state index contributed by atoms with van der Waals surface area (Å²) in [7, 11) is 0. The van der Waals surface area contributed by atoms with Gasteiger partial charge in [0, 0.05) is 129 Å². The summed E-state index contributed by atoms with van der Waals surface area (Å²) in [5, 5.41) is 2.20. The molecule has 378 valence electrons. The first kappa shape index (κ1) is 49.2. The fraction of sp³-hybridized carbons (Fsp3) is 0.0290. The number of fused-ring (bicyclic) bond motifs is 3. The molecule has 0 radical (unpaired) electrons. The Labute approximate surface area is 458 Å². The molecule has 0 spiro atoms. The lowest BCUT2D eigenvalue weighted by Crippen LogP contribution is -2.04. The third-order valence-electron chi connectivity index (χ3n) is 14.4. The summed E-state index contributed by atoms with van der Waals surface area (Å²) in [5.41, 5.74) is 31.3. The first-order chi connectivity index (χ1) is 38.9. The van der Waals surface area contributed by atoms with Gasteiger partial charge in [0.2, 0.25) is 0 Å². The topological polar surface area (TPSA) is 147 Å². The number of rotatable bonds is 15. The zero-order valence-corrected chi connectivity index (χ0v) is 43.1. The minimum Gasteiger partial charge on any atom is -0.398 e. The van der Waals surface area contributed by atoms with Crippen LogP contribution in [-0.4, -0.2) is 39.5 Å². The second-order valence-electron chi connectivity index (χ2n) is 19.1. The molecule has 0 fully saturated rings. The molecule has 4 N–H and O–H groups in total. The summed E-state index contributed by atoms with van der Waals surface area (Å²) in [5.74, 6) is 0.370. The molecular weight excluding hydrogens is 969 g/mol. The average molecular weight is 1020 g/mol. The van der Waals surface area contributed by atoms with Gasteiger partial charge in [0.1, 0.15) is 5.82 Å². The summed E-state index contributed by atoms with van der Waals surface area (Å²) >= 11 is 0. The summed E-state index contributed by atoms with van der Waals surface area (Å²) < 4.78 is 2.19. The predicted molar refractivity (Wildman–Crippen MR) is 322 cm³/mol. The first-order valence-electron chi connectivity index (χ1n) is 25.9. The summed E-state index contributed by atoms with van der Waals surface area (Å²) in [6.07, 6.45) is 28.6. The standard InChI is InChI=1S/C69H52N10/c1-3-5-14-55(51-30-33-72-42-58(51)53-16-7-10-19-61(53)70)63-27-24-45(39-75-63)48-36-49(46-25-28-64(76-40-46)56(15-6-4-2)52-31-34-73-43-59(52)54-17-8-11-20-62(54)71)38-50(37-48)47-26-29-65(77-41-47)66-21-13-23-69(78-66)79-67-22-12-9-18-57(67)60-44-74-35-32-68(60)79/h3-44,55-56H,1-2,70-71H2/b14-5-,15-6-. The maximum atomic E-state index is 6.53. The van der Waals surface area contributed by atoms with Crippen molar-refractivity contribution in [3.8, 4) is 72.8 Å². The van der Waals surface area contributed by atoms with Crippen LogP contribution in [0.5, 0.6) is 0 Å². The number of benzene rings is 4. The number of nitrogens with two attached hydrogens (primary N) is 2. The van der Waals surface area contributed by atoms with E-state index in [-0.39, 0.29) is 11.8 Å². The van der Waals surface area contributed by atoms with Crippen LogP contribution in [0.1, 0.15) is 34.4 Å². The number of pyridine rings is 7. The number of hydrogen-bond acceptors (Lipinski definition) is 9. The van der Waals surface area contributed by atoms with Gasteiger partial charge in [-0.3, -0.25) is 34.5 Å². The molecule has 2 unspecified atom stereocenters. The van der Waals surface area contributed by atoms with E-state index < -0.39 is 0 Å². The monoisotopic (exact) mass is 1020 g/mol. The molecule has 0 saturated carbocycles. The van der Waals surface area contributed by atoms with Crippen LogP contribution in [-0.2, 0) is 0 Å². The minimum atomic E-state index is -0.214. The van der Waals surface area contributed by atoms with Gasteiger partial charge < -0.3 is 11.5 Å². The zero-order chi connectivity index (χ0) is 53.7. The van der Waals surface area contributed by atoms with Gasteiger partial charge in [0.25, 0.3) is 0 Å². The quantitative estimate of drug-likeness (QED) is 0.0756. The third-order valence-corrected chi connectivity index (χ3v) is 14.4. The van der Waals surface area contributed by atoms with Crippen molar-refractivity contribution in [3.63, 3.8) is 0 Å². The molecule has 12 aromatic rings. The van der Waals surface area contributed by atoms with Crippen LogP contribution >= 0.6 is 0 Å². The number of nitrogens with zero attached hydrogens (tertiary/aromatic N) is 8. The van der Waals surface area contributed by atoms with E-state index in [4.69, 9.17) is 31.4 Å². The van der Waals surface area contributed by atoms with Crippen molar-refractivity contribution in [3.05, 3.63) is 292 Å². The summed E-state index contributed by atoms with van der Waals surface area (Å²) in [4.78, 5) is 34.0. The van der Waals surface area contributed by atoms with Crippen molar-refractivity contribution >= 4 is 33.2 Å². The molecule has 12 rings (SSSR count). The highest BCUT2D eigenvalue weighted by molar-refractivity contribution is 6.08. The molecule has 0 aliphatic carbocycles. The fourth-order valence-electron chi connectivity index (χ4n) is 10.5. The van der Waals surface area contributed by atoms with Gasteiger partial charge in [0.05, 0.1) is 33.8 Å². The molecule has 2 atom stereocenters. The Morgan fingerprint density at radius 2 is 0.911 bits per heavy atom. The molecule has 0 bridgehead atoms. The molecule has 10 nitrogen and oxygen atoms in total. The predicted octanol–water partition coefficient (Wildman–Crippen LogP) is 15.5. The molecule has 4 aromatic carbocycles. The molecule has 8 aromatic heterocycles. The Morgan fingerprint density at radius 3 is 1.44 bits per heavy atom. The maximum absolute atomic E-state index is 6.53. The van der Waals surface area contributed by atoms with Crippen LogP contribution in [0, 0.1) is 0 Å². The fourth-order valence-corrected chi connectivity index (χ4v) is 10.5. The minimum absolute atomic E-state index is 0.214. The van der Waals surface area contributed by atoms with Crippen LogP contribution in [0.3, 0.4) is 0 Å². The van der Waals surface area contributed by atoms with Gasteiger partial charge in [0.15, 0.2) is 0 Å². The van der Waals surface area contributed by atoms with E-state index in [9.17, 15) is 0 Å². The Kier molecular flexibility index (Phi) is 13.6. The number of aromatic nitrogens is 8. The molecule has 0 saturated heterocycles. The Bertz CT molecular complexity index is 4050. The van der Waals surface area contributed by atoms with Gasteiger partial charge in [-0.25, -0.2) is 4.98 Å². The molecular formula is C69H52N10. The Balaban J connectivity index is 0.931. The number of para-hydroxylation sites is 3. The first-order valence-corrected chi connectivity index (χ1v) is 25.9. The van der Waals surface area contributed by atoms with Crippen molar-refractivity contribution < 1.29 is 0 Å². The lowest BCUT2D eigenvalue weighted by Gasteiger charge is -2.19. The number of hydrogen-bond donors (Lipinski definition) is 2. The number of nitrogen functional groups attached to an aromatic ring is 2. The van der Waals surface area contributed by atoms with Crippen LogP contribution in [0.15, 0.2) is 269 Å². The molecule has 0 amide bonds. The normalized spacial score (nSPS) is 12.3. The Hall–Kier alpha value is -10.7. The average Bonchev–Trinajstić information content (AvgIpc) is 3.98. The molecule has 0 aliphatic heterocycles. The highest BCUT2D eigenvalue weighted by Gasteiger charge is 2.22. The largest absolute Gasteiger partial charge is 0.398 e. The van der Waals surface area contributed by atoms with Gasteiger partial charge in [-0.1, -0.05) is 128 Å². The Morgan fingerprint density at radius 1 is 0.405 bits per heavy atom. The number of anilines is 2. The second kappa shape index (κ2) is 21.9. The van der Waals surface area contributed by atoms with Crippen LogP contribution in [0.2, 0.25) is 0 Å². The summed E-state index contributed by atoms with van der Waals surface area (Å²) in [6.45, 7) is 7.95. The lowest BCUT2D eigenvalue weighted by atomic mass is 9.88. The molecule has 8 heterocycles. The smallest absolute Gasteiger partial charge is 0.138 e. The van der Waals surface area contributed by atoms with Gasteiger partial charge in [-0.15, -0.1) is 0 Å². The van der Waals surface area contributed by atoms with E-state index in [1.165, 1.54) is 0 Å². The van der Waals surface area contributed by atoms with Gasteiger partial charge >= 0.3 is 0 Å². The molecule has 79 heavy (non-hydrogen) atoms. The maximum Gasteiger partial charge on any atom is 0.138 e. The van der Waals surface area contributed by atoms with Crippen molar-refractivity contribution in [2.45, 2.75) is 11.8 Å². The van der Waals surface area contributed by atoms with E-state index in [1.807, 2.05) is 159 Å². The van der Waals surface area contributed by atoms with E-state index in [0.29, 0.717) is 11.4 Å². The van der Waals surface area contributed by atoms with Crippen molar-refractivity contribution in [1.29, 1.82) is 0 Å². The molecule has 10 heteroatoms. The van der Waals surface area contributed by atoms with Crippen LogP contribution in [0.4, 0.5) is 11.4 Å². The van der Waals surface area contributed by atoms with E-state index in [2.05, 4.69) is 118 Å².